The molecule has 0 bridgehead atoms. The van der Waals surface area contributed by atoms with Crippen LogP contribution in [-0.4, -0.2) is 19.8 Å². The van der Waals surface area contributed by atoms with Crippen LogP contribution in [0, 0.1) is 0 Å². The lowest BCUT2D eigenvalue weighted by atomic mass is 10.2. The van der Waals surface area contributed by atoms with Crippen LogP contribution in [0.5, 0.6) is 11.5 Å². The Balaban J connectivity index is 2.85. The summed E-state index contributed by atoms with van der Waals surface area (Å²) in [6.45, 7) is -1.86. The minimum atomic E-state index is -3.04. The Morgan fingerprint density at radius 1 is 1.16 bits per heavy atom. The molecule has 0 atom stereocenters. The maximum atomic E-state index is 12.2. The summed E-state index contributed by atoms with van der Waals surface area (Å²) in [6, 6.07) is 3.64. The van der Waals surface area contributed by atoms with Crippen LogP contribution in [0.15, 0.2) is 30.9 Å². The highest BCUT2D eigenvalue weighted by atomic mass is 19.3. The summed E-state index contributed by atoms with van der Waals surface area (Å²) in [5.41, 5.74) is 0.406. The van der Waals surface area contributed by atoms with Gasteiger partial charge in [-0.3, -0.25) is 0 Å². The SMILES string of the molecule is C=CCNCc1ccc(OC(F)F)cc1OC(F)F. The van der Waals surface area contributed by atoms with Gasteiger partial charge in [0, 0.05) is 24.7 Å². The van der Waals surface area contributed by atoms with Crippen LogP contribution < -0.4 is 14.8 Å². The van der Waals surface area contributed by atoms with Gasteiger partial charge in [0.25, 0.3) is 0 Å². The predicted molar refractivity (Wildman–Crippen MR) is 61.6 cm³/mol. The number of halogens is 4. The van der Waals surface area contributed by atoms with Crippen molar-refractivity contribution in [2.24, 2.45) is 0 Å². The third-order valence-electron chi connectivity index (χ3n) is 2.08. The summed E-state index contributed by atoms with van der Waals surface area (Å²) in [5, 5.41) is 2.89. The number of benzene rings is 1. The van der Waals surface area contributed by atoms with Gasteiger partial charge in [0.2, 0.25) is 0 Å². The lowest BCUT2D eigenvalue weighted by Gasteiger charge is -2.13. The van der Waals surface area contributed by atoms with Crippen molar-refractivity contribution in [3.8, 4) is 11.5 Å². The van der Waals surface area contributed by atoms with Crippen LogP contribution in [-0.2, 0) is 6.54 Å². The molecule has 19 heavy (non-hydrogen) atoms. The first kappa shape index (κ1) is 15.3. The highest BCUT2D eigenvalue weighted by Gasteiger charge is 2.13. The van der Waals surface area contributed by atoms with Crippen LogP contribution in [0.3, 0.4) is 0 Å². The molecule has 0 saturated carbocycles. The molecular formula is C12H13F4NO2. The van der Waals surface area contributed by atoms with Gasteiger partial charge in [-0.15, -0.1) is 6.58 Å². The fourth-order valence-corrected chi connectivity index (χ4v) is 1.37. The van der Waals surface area contributed by atoms with E-state index in [2.05, 4.69) is 21.4 Å². The molecule has 1 N–H and O–H groups in total. The van der Waals surface area contributed by atoms with Crippen LogP contribution in [0.4, 0.5) is 17.6 Å². The highest BCUT2D eigenvalue weighted by molar-refractivity contribution is 5.40. The summed E-state index contributed by atoms with van der Waals surface area (Å²) in [5.74, 6) is -0.442. The van der Waals surface area contributed by atoms with Crippen molar-refractivity contribution >= 4 is 0 Å². The van der Waals surface area contributed by atoms with E-state index in [9.17, 15) is 17.6 Å². The van der Waals surface area contributed by atoms with Crippen LogP contribution in [0.2, 0.25) is 0 Å². The van der Waals surface area contributed by atoms with E-state index in [4.69, 9.17) is 0 Å². The van der Waals surface area contributed by atoms with Gasteiger partial charge in [-0.25, -0.2) is 0 Å². The zero-order chi connectivity index (χ0) is 14.3. The molecule has 3 nitrogen and oxygen atoms in total. The number of ether oxygens (including phenoxy) is 2. The van der Waals surface area contributed by atoms with Crippen molar-refractivity contribution < 1.29 is 27.0 Å². The predicted octanol–water partition coefficient (Wildman–Crippen LogP) is 3.17. The third-order valence-corrected chi connectivity index (χ3v) is 2.08. The van der Waals surface area contributed by atoms with Crippen molar-refractivity contribution in [1.29, 1.82) is 0 Å². The van der Waals surface area contributed by atoms with E-state index >= 15 is 0 Å². The monoisotopic (exact) mass is 279 g/mol. The molecule has 0 aromatic heterocycles. The summed E-state index contributed by atoms with van der Waals surface area (Å²) in [4.78, 5) is 0. The molecule has 0 aliphatic rings. The Labute approximate surface area is 107 Å². The van der Waals surface area contributed by atoms with E-state index < -0.39 is 13.2 Å². The number of hydrogen-bond donors (Lipinski definition) is 1. The van der Waals surface area contributed by atoms with E-state index in [-0.39, 0.29) is 18.0 Å². The largest absolute Gasteiger partial charge is 0.435 e. The average Bonchev–Trinajstić information content (AvgIpc) is 2.30. The van der Waals surface area contributed by atoms with Gasteiger partial charge in [0.05, 0.1) is 0 Å². The third kappa shape index (κ3) is 5.60. The number of nitrogens with one attached hydrogen (secondary N) is 1. The molecule has 106 valence electrons. The molecule has 0 radical (unpaired) electrons. The number of hydrogen-bond acceptors (Lipinski definition) is 3. The molecule has 0 spiro atoms. The van der Waals surface area contributed by atoms with Gasteiger partial charge in [0.1, 0.15) is 11.5 Å². The minimum Gasteiger partial charge on any atom is -0.435 e. The molecular weight excluding hydrogens is 266 g/mol. The molecule has 1 aromatic rings. The number of alkyl halides is 4. The zero-order valence-corrected chi connectivity index (χ0v) is 9.91. The van der Waals surface area contributed by atoms with Gasteiger partial charge in [0.15, 0.2) is 0 Å². The fraction of sp³-hybridized carbons (Fsp3) is 0.333. The first-order valence-electron chi connectivity index (χ1n) is 5.37. The molecule has 0 heterocycles. The van der Waals surface area contributed by atoms with Gasteiger partial charge >= 0.3 is 13.2 Å². The summed E-state index contributed by atoms with van der Waals surface area (Å²) < 4.78 is 56.9. The van der Waals surface area contributed by atoms with E-state index in [0.717, 1.165) is 6.07 Å². The van der Waals surface area contributed by atoms with Crippen molar-refractivity contribution in [1.82, 2.24) is 5.32 Å². The Hall–Kier alpha value is -1.76. The molecule has 0 aliphatic heterocycles. The van der Waals surface area contributed by atoms with Crippen molar-refractivity contribution in [2.45, 2.75) is 19.8 Å². The fourth-order valence-electron chi connectivity index (χ4n) is 1.37. The lowest BCUT2D eigenvalue weighted by Crippen LogP contribution is -2.15. The second-order valence-electron chi connectivity index (χ2n) is 3.45. The van der Waals surface area contributed by atoms with Gasteiger partial charge < -0.3 is 14.8 Å². The van der Waals surface area contributed by atoms with Crippen molar-refractivity contribution in [3.63, 3.8) is 0 Å². The average molecular weight is 279 g/mol. The Morgan fingerprint density at radius 2 is 1.84 bits per heavy atom. The summed E-state index contributed by atoms with van der Waals surface area (Å²) in [6.07, 6.45) is 1.60. The first-order valence-corrected chi connectivity index (χ1v) is 5.37. The van der Waals surface area contributed by atoms with Gasteiger partial charge in [-0.05, 0) is 6.07 Å². The smallest absolute Gasteiger partial charge is 0.387 e. The molecule has 0 saturated heterocycles. The van der Waals surface area contributed by atoms with E-state index in [1.54, 1.807) is 6.08 Å². The summed E-state index contributed by atoms with van der Waals surface area (Å²) in [7, 11) is 0. The lowest BCUT2D eigenvalue weighted by molar-refractivity contribution is -0.0546. The second-order valence-corrected chi connectivity index (χ2v) is 3.45. The standard InChI is InChI=1S/C12H13F4NO2/c1-2-5-17-7-8-3-4-9(18-11(13)14)6-10(8)19-12(15)16/h2-4,6,11-12,17H,1,5,7H2. The van der Waals surface area contributed by atoms with Crippen LogP contribution in [0.1, 0.15) is 5.56 Å². The quantitative estimate of drug-likeness (QED) is 0.450. The van der Waals surface area contributed by atoms with Crippen LogP contribution >= 0.6 is 0 Å². The highest BCUT2D eigenvalue weighted by Crippen LogP contribution is 2.27. The molecule has 0 aliphatic carbocycles. The van der Waals surface area contributed by atoms with Gasteiger partial charge in [-0.2, -0.15) is 17.6 Å². The second kappa shape index (κ2) is 7.63. The Morgan fingerprint density at radius 3 is 2.42 bits per heavy atom. The first-order chi connectivity index (χ1) is 9.02. The molecule has 1 rings (SSSR count). The normalized spacial score (nSPS) is 10.8. The molecule has 0 unspecified atom stereocenters. The Bertz CT molecular complexity index is 413. The Kier molecular flexibility index (Phi) is 6.14. The van der Waals surface area contributed by atoms with Crippen molar-refractivity contribution in [2.75, 3.05) is 6.54 Å². The van der Waals surface area contributed by atoms with E-state index in [1.165, 1.54) is 12.1 Å². The molecule has 0 amide bonds. The topological polar surface area (TPSA) is 30.5 Å². The van der Waals surface area contributed by atoms with E-state index in [1.807, 2.05) is 0 Å². The molecule has 7 heteroatoms. The molecule has 1 aromatic carbocycles. The maximum absolute atomic E-state index is 12.2. The molecule has 0 fully saturated rings. The zero-order valence-electron chi connectivity index (χ0n) is 9.91. The van der Waals surface area contributed by atoms with E-state index in [0.29, 0.717) is 12.1 Å². The summed E-state index contributed by atoms with van der Waals surface area (Å²) >= 11 is 0. The van der Waals surface area contributed by atoms with Crippen LogP contribution in [0.25, 0.3) is 0 Å². The minimum absolute atomic E-state index is 0.204. The van der Waals surface area contributed by atoms with Gasteiger partial charge in [-0.1, -0.05) is 12.1 Å². The van der Waals surface area contributed by atoms with Crippen molar-refractivity contribution in [3.05, 3.63) is 36.4 Å². The number of rotatable bonds is 8. The maximum Gasteiger partial charge on any atom is 0.387 e.